The van der Waals surface area contributed by atoms with Crippen LogP contribution in [0.15, 0.2) is 48.5 Å². The average Bonchev–Trinajstić information content (AvgIpc) is 2.57. The SMILES string of the molecule is CC(C)N(c1ccc(Pc2ccc(N(C(C)C)C(C)C)cc2)cc1)C(C)C.Cl. The van der Waals surface area contributed by atoms with Crippen molar-refractivity contribution in [3.63, 3.8) is 0 Å². The topological polar surface area (TPSA) is 6.48 Å². The molecule has 0 aromatic heterocycles. The molecule has 2 aromatic rings. The largest absolute Gasteiger partial charge is 0.367 e. The van der Waals surface area contributed by atoms with Crippen LogP contribution in [0.4, 0.5) is 11.4 Å². The molecule has 0 heterocycles. The van der Waals surface area contributed by atoms with Crippen molar-refractivity contribution in [2.45, 2.75) is 79.6 Å². The van der Waals surface area contributed by atoms with Crippen molar-refractivity contribution in [1.29, 1.82) is 0 Å². The molecule has 0 fully saturated rings. The van der Waals surface area contributed by atoms with Crippen LogP contribution in [-0.2, 0) is 0 Å². The Balaban J connectivity index is 0.00000392. The highest BCUT2D eigenvalue weighted by Crippen LogP contribution is 2.23. The number of hydrogen-bond acceptors (Lipinski definition) is 2. The second-order valence-corrected chi connectivity index (χ2v) is 9.81. The van der Waals surface area contributed by atoms with Gasteiger partial charge in [-0.25, -0.2) is 0 Å². The molecule has 156 valence electrons. The molecule has 0 spiro atoms. The summed E-state index contributed by atoms with van der Waals surface area (Å²) in [5.41, 5.74) is 2.63. The summed E-state index contributed by atoms with van der Waals surface area (Å²) in [4.78, 5) is 4.93. The Hall–Kier alpha value is -1.24. The van der Waals surface area contributed by atoms with Crippen LogP contribution in [0.25, 0.3) is 0 Å². The summed E-state index contributed by atoms with van der Waals surface area (Å²) in [5.74, 6) is 0. The number of rotatable bonds is 8. The van der Waals surface area contributed by atoms with E-state index >= 15 is 0 Å². The van der Waals surface area contributed by atoms with Crippen LogP contribution < -0.4 is 20.4 Å². The van der Waals surface area contributed by atoms with Crippen molar-refractivity contribution < 1.29 is 0 Å². The van der Waals surface area contributed by atoms with E-state index < -0.39 is 0 Å². The second-order valence-electron chi connectivity index (χ2n) is 8.41. The van der Waals surface area contributed by atoms with Crippen LogP contribution in [0.2, 0.25) is 0 Å². The van der Waals surface area contributed by atoms with Gasteiger partial charge >= 0.3 is 0 Å². The molecule has 0 aliphatic heterocycles. The lowest BCUT2D eigenvalue weighted by Gasteiger charge is -2.33. The Morgan fingerprint density at radius 2 is 0.750 bits per heavy atom. The van der Waals surface area contributed by atoms with E-state index in [0.29, 0.717) is 32.7 Å². The van der Waals surface area contributed by atoms with E-state index in [9.17, 15) is 0 Å². The van der Waals surface area contributed by atoms with Gasteiger partial charge in [0.1, 0.15) is 0 Å². The minimum absolute atomic E-state index is 0. The van der Waals surface area contributed by atoms with Crippen LogP contribution >= 0.6 is 21.0 Å². The Bertz CT molecular complexity index is 616. The van der Waals surface area contributed by atoms with E-state index in [-0.39, 0.29) is 12.4 Å². The van der Waals surface area contributed by atoms with E-state index in [2.05, 4.69) is 114 Å². The lowest BCUT2D eigenvalue weighted by Crippen LogP contribution is -2.37. The quantitative estimate of drug-likeness (QED) is 0.484. The van der Waals surface area contributed by atoms with Gasteiger partial charge in [-0.15, -0.1) is 12.4 Å². The van der Waals surface area contributed by atoms with Crippen LogP contribution in [0.5, 0.6) is 0 Å². The van der Waals surface area contributed by atoms with E-state index in [1.54, 1.807) is 0 Å². The van der Waals surface area contributed by atoms with Gasteiger partial charge in [-0.1, -0.05) is 32.8 Å². The number of benzene rings is 2. The zero-order valence-electron chi connectivity index (χ0n) is 18.7. The van der Waals surface area contributed by atoms with Gasteiger partial charge in [0.2, 0.25) is 0 Å². The maximum Gasteiger partial charge on any atom is 0.0371 e. The Labute approximate surface area is 180 Å². The third-order valence-corrected chi connectivity index (χ3v) is 6.09. The molecule has 0 aliphatic carbocycles. The van der Waals surface area contributed by atoms with Gasteiger partial charge in [0.15, 0.2) is 0 Å². The standard InChI is InChI=1S/C24H37N2P.ClH/c1-17(2)25(18(3)4)21-9-13-23(14-10-21)27-24-15-11-22(12-16-24)26(19(5)6)20(7)8;/h9-20,27H,1-8H3;1H. The molecule has 4 heteroatoms. The van der Waals surface area contributed by atoms with Gasteiger partial charge in [-0.05, 0) is 90.3 Å². The Morgan fingerprint density at radius 3 is 0.964 bits per heavy atom. The van der Waals surface area contributed by atoms with Gasteiger partial charge in [0, 0.05) is 35.5 Å². The highest BCUT2D eigenvalue weighted by molar-refractivity contribution is 7.55. The first-order chi connectivity index (χ1) is 12.7. The smallest absolute Gasteiger partial charge is 0.0371 e. The minimum atomic E-state index is 0. The van der Waals surface area contributed by atoms with Crippen LogP contribution in [0.1, 0.15) is 55.4 Å². The van der Waals surface area contributed by atoms with Crippen molar-refractivity contribution >= 4 is 43.0 Å². The molecule has 28 heavy (non-hydrogen) atoms. The molecule has 0 N–H and O–H groups in total. The Kier molecular flexibility index (Phi) is 9.81. The fraction of sp³-hybridized carbons (Fsp3) is 0.500. The summed E-state index contributed by atoms with van der Waals surface area (Å²) in [5, 5.41) is 2.78. The number of hydrogen-bond donors (Lipinski definition) is 0. The summed E-state index contributed by atoms with van der Waals surface area (Å²) >= 11 is 0. The van der Waals surface area contributed by atoms with Crippen LogP contribution in [0, 0.1) is 0 Å². The molecule has 0 unspecified atom stereocenters. The highest BCUT2D eigenvalue weighted by atomic mass is 35.5. The first-order valence-corrected chi connectivity index (χ1v) is 11.2. The van der Waals surface area contributed by atoms with Gasteiger partial charge in [0.25, 0.3) is 0 Å². The van der Waals surface area contributed by atoms with Gasteiger partial charge < -0.3 is 9.80 Å². The molecule has 0 radical (unpaired) electrons. The molecule has 2 aromatic carbocycles. The Morgan fingerprint density at radius 1 is 0.500 bits per heavy atom. The maximum atomic E-state index is 2.47. The van der Waals surface area contributed by atoms with E-state index in [1.807, 2.05) is 0 Å². The molecule has 2 nitrogen and oxygen atoms in total. The molecular weight excluding hydrogens is 383 g/mol. The number of halogens is 1. The summed E-state index contributed by atoms with van der Waals surface area (Å²) in [6, 6.07) is 20.3. The molecule has 0 aliphatic rings. The van der Waals surface area contributed by atoms with E-state index in [0.717, 1.165) is 0 Å². The number of nitrogens with zero attached hydrogens (tertiary/aromatic N) is 2. The summed E-state index contributed by atoms with van der Waals surface area (Å²) in [6.45, 7) is 18.1. The summed E-state index contributed by atoms with van der Waals surface area (Å²) in [7, 11) is 0.698. The van der Waals surface area contributed by atoms with E-state index in [1.165, 1.54) is 22.0 Å². The predicted molar refractivity (Wildman–Crippen MR) is 133 cm³/mol. The summed E-state index contributed by atoms with van der Waals surface area (Å²) < 4.78 is 0. The zero-order chi connectivity index (χ0) is 20.1. The van der Waals surface area contributed by atoms with Gasteiger partial charge in [-0.2, -0.15) is 0 Å². The lowest BCUT2D eigenvalue weighted by molar-refractivity contribution is 0.608. The molecule has 0 atom stereocenters. The van der Waals surface area contributed by atoms with Crippen molar-refractivity contribution in [3.05, 3.63) is 48.5 Å². The van der Waals surface area contributed by atoms with Gasteiger partial charge in [0.05, 0.1) is 0 Å². The van der Waals surface area contributed by atoms with Crippen molar-refractivity contribution in [1.82, 2.24) is 0 Å². The third-order valence-electron chi connectivity index (χ3n) is 4.84. The molecule has 0 amide bonds. The van der Waals surface area contributed by atoms with E-state index in [4.69, 9.17) is 0 Å². The number of anilines is 2. The molecule has 0 saturated heterocycles. The molecule has 0 bridgehead atoms. The highest BCUT2D eigenvalue weighted by Gasteiger charge is 2.15. The zero-order valence-corrected chi connectivity index (χ0v) is 20.5. The molecule has 0 saturated carbocycles. The van der Waals surface area contributed by atoms with Crippen LogP contribution in [0.3, 0.4) is 0 Å². The first-order valence-electron chi connectivity index (χ1n) is 10.2. The van der Waals surface area contributed by atoms with Crippen LogP contribution in [-0.4, -0.2) is 24.2 Å². The lowest BCUT2D eigenvalue weighted by atomic mass is 10.2. The maximum absolute atomic E-state index is 2.47. The fourth-order valence-corrected chi connectivity index (χ4v) is 4.99. The predicted octanol–water partition coefficient (Wildman–Crippen LogP) is 5.98. The normalized spacial score (nSPS) is 11.3. The monoisotopic (exact) mass is 420 g/mol. The second kappa shape index (κ2) is 11.1. The first kappa shape index (κ1) is 24.8. The van der Waals surface area contributed by atoms with Crippen molar-refractivity contribution in [2.75, 3.05) is 9.80 Å². The minimum Gasteiger partial charge on any atom is -0.367 e. The molecular formula is C24H38ClN2P. The average molecular weight is 421 g/mol. The third kappa shape index (κ3) is 6.39. The van der Waals surface area contributed by atoms with Gasteiger partial charge in [-0.3, -0.25) is 0 Å². The fourth-order valence-electron chi connectivity index (χ4n) is 3.99. The van der Waals surface area contributed by atoms with Crippen molar-refractivity contribution in [3.8, 4) is 0 Å². The van der Waals surface area contributed by atoms with Crippen molar-refractivity contribution in [2.24, 2.45) is 0 Å². The molecule has 2 rings (SSSR count). The summed E-state index contributed by atoms with van der Waals surface area (Å²) in [6.07, 6.45) is 0.